The lowest BCUT2D eigenvalue weighted by molar-refractivity contribution is -0.117. The van der Waals surface area contributed by atoms with Crippen molar-refractivity contribution in [2.24, 2.45) is 0 Å². The van der Waals surface area contributed by atoms with E-state index >= 15 is 0 Å². The third-order valence-electron chi connectivity index (χ3n) is 5.89. The Kier molecular flexibility index (Phi) is 3.96. The Hall–Kier alpha value is -2.28. The van der Waals surface area contributed by atoms with E-state index in [9.17, 15) is 4.79 Å². The summed E-state index contributed by atoms with van der Waals surface area (Å²) in [4.78, 5) is 25.2. The van der Waals surface area contributed by atoms with E-state index in [-0.39, 0.29) is 5.91 Å². The summed E-state index contributed by atoms with van der Waals surface area (Å²) < 4.78 is 2.01. The molecule has 7 heteroatoms. The van der Waals surface area contributed by atoms with Gasteiger partial charge in [0, 0.05) is 62.7 Å². The van der Waals surface area contributed by atoms with E-state index in [1.165, 1.54) is 24.8 Å². The van der Waals surface area contributed by atoms with Gasteiger partial charge in [0.1, 0.15) is 5.82 Å². The minimum absolute atomic E-state index is 0.213. The number of amides is 1. The summed E-state index contributed by atoms with van der Waals surface area (Å²) in [6.07, 6.45) is 13.2. The number of carbonyl (C=O) groups is 1. The number of rotatable bonds is 5. The maximum absolute atomic E-state index is 11.9. The van der Waals surface area contributed by atoms with Gasteiger partial charge in [-0.25, -0.2) is 9.97 Å². The van der Waals surface area contributed by atoms with Crippen LogP contribution in [0.4, 0.5) is 5.69 Å². The lowest BCUT2D eigenvalue weighted by atomic mass is 9.85. The number of anilines is 1. The molecule has 136 valence electrons. The van der Waals surface area contributed by atoms with E-state index in [4.69, 9.17) is 0 Å². The van der Waals surface area contributed by atoms with Gasteiger partial charge in [-0.1, -0.05) is 6.42 Å². The van der Waals surface area contributed by atoms with E-state index < -0.39 is 0 Å². The fraction of sp³-hybridized carbons (Fsp3) is 0.579. The molecule has 0 spiro atoms. The first-order valence-electron chi connectivity index (χ1n) is 9.64. The SMILES string of the molecule is O=C1CCCN1c1cnn(C2CN(Cc3cnc(C4CCC4)nc3)C2)c1. The second-order valence-electron chi connectivity index (χ2n) is 7.75. The second kappa shape index (κ2) is 6.46. The van der Waals surface area contributed by atoms with Crippen LogP contribution in [0.1, 0.15) is 55.5 Å². The molecule has 0 bridgehead atoms. The Morgan fingerprint density at radius 2 is 1.88 bits per heavy atom. The molecule has 0 atom stereocenters. The zero-order valence-corrected chi connectivity index (χ0v) is 14.9. The van der Waals surface area contributed by atoms with Crippen LogP contribution in [-0.4, -0.2) is 50.2 Å². The molecule has 5 rings (SSSR count). The smallest absolute Gasteiger partial charge is 0.227 e. The van der Waals surface area contributed by atoms with Gasteiger partial charge >= 0.3 is 0 Å². The summed E-state index contributed by atoms with van der Waals surface area (Å²) in [5, 5.41) is 4.48. The zero-order valence-electron chi connectivity index (χ0n) is 14.9. The first-order valence-corrected chi connectivity index (χ1v) is 9.64. The van der Waals surface area contributed by atoms with E-state index in [2.05, 4.69) is 20.0 Å². The number of hydrogen-bond donors (Lipinski definition) is 0. The first kappa shape index (κ1) is 15.9. The van der Waals surface area contributed by atoms with Crippen molar-refractivity contribution in [1.82, 2.24) is 24.6 Å². The lowest BCUT2D eigenvalue weighted by Crippen LogP contribution is -2.47. The predicted octanol–water partition coefficient (Wildman–Crippen LogP) is 2.12. The second-order valence-corrected chi connectivity index (χ2v) is 7.75. The molecule has 7 nitrogen and oxygen atoms in total. The highest BCUT2D eigenvalue weighted by atomic mass is 16.2. The van der Waals surface area contributed by atoms with E-state index in [0.717, 1.165) is 44.1 Å². The molecule has 0 radical (unpaired) electrons. The van der Waals surface area contributed by atoms with E-state index in [0.29, 0.717) is 18.4 Å². The summed E-state index contributed by atoms with van der Waals surface area (Å²) in [7, 11) is 0. The minimum atomic E-state index is 0.213. The average Bonchev–Trinajstić information content (AvgIpc) is 3.19. The van der Waals surface area contributed by atoms with Crippen LogP contribution in [0.15, 0.2) is 24.8 Å². The number of aromatic nitrogens is 4. The Bertz CT molecular complexity index is 791. The molecule has 0 unspecified atom stereocenters. The van der Waals surface area contributed by atoms with Gasteiger partial charge in [-0.2, -0.15) is 5.10 Å². The van der Waals surface area contributed by atoms with Crippen LogP contribution in [0.25, 0.3) is 0 Å². The number of hydrogen-bond acceptors (Lipinski definition) is 5. The molecule has 0 N–H and O–H groups in total. The Morgan fingerprint density at radius 3 is 2.54 bits per heavy atom. The van der Waals surface area contributed by atoms with Gasteiger partial charge in [0.25, 0.3) is 0 Å². The average molecular weight is 352 g/mol. The first-order chi connectivity index (χ1) is 12.8. The van der Waals surface area contributed by atoms with Gasteiger partial charge in [-0.15, -0.1) is 0 Å². The van der Waals surface area contributed by atoms with Crippen molar-refractivity contribution < 1.29 is 4.79 Å². The Labute approximate surface area is 153 Å². The van der Waals surface area contributed by atoms with Crippen molar-refractivity contribution in [3.05, 3.63) is 36.2 Å². The molecule has 1 saturated carbocycles. The fourth-order valence-corrected chi connectivity index (χ4v) is 4.01. The maximum atomic E-state index is 11.9. The van der Waals surface area contributed by atoms with Crippen LogP contribution < -0.4 is 4.90 Å². The number of carbonyl (C=O) groups excluding carboxylic acids is 1. The molecule has 1 amide bonds. The summed E-state index contributed by atoms with van der Waals surface area (Å²) >= 11 is 0. The van der Waals surface area contributed by atoms with Gasteiger partial charge in [-0.3, -0.25) is 14.4 Å². The van der Waals surface area contributed by atoms with Crippen LogP contribution in [0, 0.1) is 0 Å². The molecule has 2 aromatic heterocycles. The lowest BCUT2D eigenvalue weighted by Gasteiger charge is -2.39. The third kappa shape index (κ3) is 2.90. The molecule has 0 aromatic carbocycles. The molecule has 2 saturated heterocycles. The third-order valence-corrected chi connectivity index (χ3v) is 5.89. The molecular formula is C19H24N6O. The highest BCUT2D eigenvalue weighted by Crippen LogP contribution is 2.34. The van der Waals surface area contributed by atoms with Gasteiger partial charge in [0.15, 0.2) is 0 Å². The zero-order chi connectivity index (χ0) is 17.5. The van der Waals surface area contributed by atoms with Gasteiger partial charge in [0.2, 0.25) is 5.91 Å². The quantitative estimate of drug-likeness (QED) is 0.825. The molecule has 3 fully saturated rings. The highest BCUT2D eigenvalue weighted by molar-refractivity contribution is 5.95. The van der Waals surface area contributed by atoms with Crippen LogP contribution in [0.5, 0.6) is 0 Å². The molecule has 2 aromatic rings. The monoisotopic (exact) mass is 352 g/mol. The highest BCUT2D eigenvalue weighted by Gasteiger charge is 2.30. The molecule has 26 heavy (non-hydrogen) atoms. The molecule has 1 aliphatic carbocycles. The van der Waals surface area contributed by atoms with Crippen molar-refractivity contribution in [2.75, 3.05) is 24.5 Å². The van der Waals surface area contributed by atoms with Crippen LogP contribution in [-0.2, 0) is 11.3 Å². The molecule has 3 aliphatic rings. The Morgan fingerprint density at radius 1 is 1.08 bits per heavy atom. The summed E-state index contributed by atoms with van der Waals surface area (Å²) in [5.74, 6) is 1.82. The van der Waals surface area contributed by atoms with Crippen molar-refractivity contribution in [3.8, 4) is 0 Å². The van der Waals surface area contributed by atoms with Gasteiger partial charge < -0.3 is 4.90 Å². The summed E-state index contributed by atoms with van der Waals surface area (Å²) in [5.41, 5.74) is 2.11. The van der Waals surface area contributed by atoms with Crippen molar-refractivity contribution in [2.45, 2.75) is 50.6 Å². The Balaban J connectivity index is 1.15. The van der Waals surface area contributed by atoms with Crippen LogP contribution in [0.2, 0.25) is 0 Å². The largest absolute Gasteiger partial charge is 0.309 e. The van der Waals surface area contributed by atoms with Crippen LogP contribution >= 0.6 is 0 Å². The predicted molar refractivity (Wildman–Crippen MR) is 96.8 cm³/mol. The van der Waals surface area contributed by atoms with Crippen molar-refractivity contribution in [1.29, 1.82) is 0 Å². The topological polar surface area (TPSA) is 67.2 Å². The van der Waals surface area contributed by atoms with Gasteiger partial charge in [0.05, 0.1) is 17.9 Å². The van der Waals surface area contributed by atoms with E-state index in [1.54, 1.807) is 0 Å². The minimum Gasteiger partial charge on any atom is -0.309 e. The maximum Gasteiger partial charge on any atom is 0.227 e. The molecular weight excluding hydrogens is 328 g/mol. The normalized spacial score (nSPS) is 21.8. The van der Waals surface area contributed by atoms with E-state index in [1.807, 2.05) is 34.4 Å². The van der Waals surface area contributed by atoms with Crippen molar-refractivity contribution in [3.63, 3.8) is 0 Å². The van der Waals surface area contributed by atoms with Crippen molar-refractivity contribution >= 4 is 11.6 Å². The fourth-order valence-electron chi connectivity index (χ4n) is 4.01. The summed E-state index contributed by atoms with van der Waals surface area (Å²) in [6.45, 7) is 3.65. The molecule has 4 heterocycles. The van der Waals surface area contributed by atoms with Crippen LogP contribution in [0.3, 0.4) is 0 Å². The van der Waals surface area contributed by atoms with Gasteiger partial charge in [-0.05, 0) is 19.3 Å². The standard InChI is InChI=1S/C19H24N6O/c26-18-5-2-6-24(18)16-9-22-25(13-16)17-11-23(12-17)10-14-7-20-19(21-8-14)15-3-1-4-15/h7-9,13,15,17H,1-6,10-12H2. The summed E-state index contributed by atoms with van der Waals surface area (Å²) in [6, 6.07) is 0.386. The number of nitrogens with zero attached hydrogens (tertiary/aromatic N) is 6. The number of likely N-dealkylation sites (tertiary alicyclic amines) is 1. The molecule has 2 aliphatic heterocycles.